The summed E-state index contributed by atoms with van der Waals surface area (Å²) >= 11 is 11.0. The van der Waals surface area contributed by atoms with E-state index in [2.05, 4.69) is 81.2 Å². The molecule has 0 spiro atoms. The largest absolute Gasteiger partial charge is 0.382 e. The van der Waals surface area contributed by atoms with Gasteiger partial charge in [-0.1, -0.05) is 0 Å². The van der Waals surface area contributed by atoms with Crippen molar-refractivity contribution in [2.24, 2.45) is 5.84 Å². The second-order valence-corrected chi connectivity index (χ2v) is 14.7. The van der Waals surface area contributed by atoms with Crippen molar-refractivity contribution in [1.29, 1.82) is 10.5 Å². The van der Waals surface area contributed by atoms with E-state index in [1.807, 2.05) is 47.2 Å². The molecule has 0 unspecified atom stereocenters. The predicted molar refractivity (Wildman–Crippen MR) is 218 cm³/mol. The number of hydrogen-bond donors (Lipinski definition) is 2. The molecule has 18 heteroatoms. The quantitative estimate of drug-likeness (QED) is 0.0475. The molecule has 0 radical (unpaired) electrons. The lowest BCUT2D eigenvalue weighted by Gasteiger charge is -2.10. The molecule has 5 rings (SSSR count). The summed E-state index contributed by atoms with van der Waals surface area (Å²) in [7, 11) is 3.55. The minimum absolute atomic E-state index is 0.149. The number of hydrazine groups is 1. The zero-order valence-electron chi connectivity index (χ0n) is 28.4. The highest BCUT2D eigenvalue weighted by Gasteiger charge is 2.18. The summed E-state index contributed by atoms with van der Waals surface area (Å²) in [5, 5.41) is 31.1. The van der Waals surface area contributed by atoms with Crippen LogP contribution in [0, 0.1) is 41.4 Å². The van der Waals surface area contributed by atoms with Gasteiger partial charge in [0.1, 0.15) is 38.6 Å². The highest BCUT2D eigenvalue weighted by Crippen LogP contribution is 2.26. The highest BCUT2D eigenvalue weighted by atomic mass is 127. The number of anilines is 1. The molecule has 12 nitrogen and oxygen atoms in total. The first-order chi connectivity index (χ1) is 24.8. The van der Waals surface area contributed by atoms with Crippen molar-refractivity contribution < 1.29 is 13.6 Å². The minimum atomic E-state index is -0.302. The van der Waals surface area contributed by atoms with Gasteiger partial charge in [-0.3, -0.25) is 20.0 Å². The van der Waals surface area contributed by atoms with Gasteiger partial charge >= 0.3 is 0 Å². The number of nitrogen functional groups attached to an aromatic ring is 1. The van der Waals surface area contributed by atoms with Crippen LogP contribution in [0.1, 0.15) is 36.2 Å². The second-order valence-electron chi connectivity index (χ2n) is 10.8. The Bertz CT molecular complexity index is 2130. The lowest BCUT2D eigenvalue weighted by Crippen LogP contribution is -2.10. The molecule has 0 aliphatic heterocycles. The molecule has 0 amide bonds. The van der Waals surface area contributed by atoms with Crippen molar-refractivity contribution >= 4 is 88.5 Å². The summed E-state index contributed by atoms with van der Waals surface area (Å²) in [5.41, 5.74) is 7.08. The van der Waals surface area contributed by atoms with E-state index in [9.17, 15) is 18.8 Å². The molecule has 5 aromatic rings. The van der Waals surface area contributed by atoms with Gasteiger partial charge in [-0.2, -0.15) is 25.8 Å². The molecule has 52 heavy (non-hydrogen) atoms. The van der Waals surface area contributed by atoms with Crippen LogP contribution in [0.4, 0.5) is 14.5 Å². The van der Waals surface area contributed by atoms with Crippen LogP contribution in [0.15, 0.2) is 76.0 Å². The fraction of sp³-hybridized carbons (Fsp3) is 0.235. The summed E-state index contributed by atoms with van der Waals surface area (Å²) in [6.45, 7) is 5.46. The summed E-state index contributed by atoms with van der Waals surface area (Å²) in [6, 6.07) is 13.0. The Kier molecular flexibility index (Phi) is 16.9. The van der Waals surface area contributed by atoms with Crippen LogP contribution in [0.2, 0.25) is 0 Å². The lowest BCUT2D eigenvalue weighted by atomic mass is 10.1. The molecular formula is C34H33Br2F2I2N11O. The number of ketones is 1. The Morgan fingerprint density at radius 2 is 1.52 bits per heavy atom. The fourth-order valence-corrected chi connectivity index (χ4v) is 6.98. The maximum Gasteiger partial charge on any atom is 0.179 e. The van der Waals surface area contributed by atoms with E-state index in [1.54, 1.807) is 52.9 Å². The molecule has 0 aliphatic rings. The number of benzene rings is 2. The van der Waals surface area contributed by atoms with Crippen LogP contribution in [0.3, 0.4) is 0 Å². The van der Waals surface area contributed by atoms with E-state index in [4.69, 9.17) is 11.1 Å². The van der Waals surface area contributed by atoms with Crippen molar-refractivity contribution in [3.63, 3.8) is 0 Å². The number of aromatic nitrogens is 6. The number of hydrogen-bond acceptors (Lipinski definition) is 9. The molecule has 3 aromatic heterocycles. The van der Waals surface area contributed by atoms with Gasteiger partial charge in [0.15, 0.2) is 5.78 Å². The lowest BCUT2D eigenvalue weighted by molar-refractivity contribution is -0.114. The fourth-order valence-electron chi connectivity index (χ4n) is 4.47. The van der Waals surface area contributed by atoms with Gasteiger partial charge in [0.2, 0.25) is 0 Å². The maximum atomic E-state index is 13.4. The van der Waals surface area contributed by atoms with E-state index in [0.29, 0.717) is 12.0 Å². The van der Waals surface area contributed by atoms with Crippen molar-refractivity contribution in [2.45, 2.75) is 39.8 Å². The molecule has 0 saturated heterocycles. The number of allylic oxidation sites excluding steroid dienone is 1. The molecule has 0 fully saturated rings. The van der Waals surface area contributed by atoms with Crippen molar-refractivity contribution in [1.82, 2.24) is 34.2 Å². The average Bonchev–Trinajstić information content (AvgIpc) is 3.80. The molecule has 0 aliphatic carbocycles. The third-order valence-electron chi connectivity index (χ3n) is 7.02. The van der Waals surface area contributed by atoms with Crippen LogP contribution >= 0.6 is 77.0 Å². The van der Waals surface area contributed by atoms with Gasteiger partial charge in [-0.25, -0.2) is 13.5 Å². The third kappa shape index (κ3) is 11.4. The number of nitriles is 2. The van der Waals surface area contributed by atoms with Crippen molar-refractivity contribution in [2.75, 3.05) is 19.5 Å². The van der Waals surface area contributed by atoms with Crippen LogP contribution in [0.25, 0.3) is 5.69 Å². The molecule has 272 valence electrons. The monoisotopic (exact) mass is 1060 g/mol. The Hall–Kier alpha value is -3.70. The summed E-state index contributed by atoms with van der Waals surface area (Å²) < 4.78 is 34.2. The number of nitrogens with zero attached hydrogens (tertiary/aromatic N) is 9. The van der Waals surface area contributed by atoms with Crippen molar-refractivity contribution in [3.8, 4) is 17.8 Å². The summed E-state index contributed by atoms with van der Waals surface area (Å²) in [5.74, 6) is 4.37. The van der Waals surface area contributed by atoms with Gasteiger partial charge in [0.25, 0.3) is 0 Å². The molecule has 2 aromatic carbocycles. The van der Waals surface area contributed by atoms with Gasteiger partial charge in [0, 0.05) is 64.5 Å². The van der Waals surface area contributed by atoms with E-state index in [0.717, 1.165) is 57.6 Å². The molecule has 0 bridgehead atoms. The number of nitrogens with one attached hydrogen (secondary N) is 1. The van der Waals surface area contributed by atoms with Crippen LogP contribution in [0.5, 0.6) is 0 Å². The average molecular weight is 1060 g/mol. The molecular weight excluding hydrogens is 1030 g/mol. The van der Waals surface area contributed by atoms with E-state index < -0.39 is 0 Å². The molecule has 3 N–H and O–H groups in total. The first kappa shape index (κ1) is 42.7. The number of nitrogens with two attached hydrogens (primary N) is 1. The summed E-state index contributed by atoms with van der Waals surface area (Å²) in [4.78, 5) is 13.6. The molecule has 0 saturated carbocycles. The number of aryl methyl sites for hydroxylation is 2. The van der Waals surface area contributed by atoms with Crippen LogP contribution in [-0.4, -0.2) is 54.1 Å². The number of Topliss-reactive ketones (excluding diaryl/α,β-unsaturated/α-hetero) is 1. The Morgan fingerprint density at radius 1 is 0.942 bits per heavy atom. The summed E-state index contributed by atoms with van der Waals surface area (Å²) in [6.07, 6.45) is 7.16. The maximum absolute atomic E-state index is 13.4. The normalized spacial score (nSPS) is 10.7. The number of carbonyl (C=O) groups is 1. The van der Waals surface area contributed by atoms with E-state index >= 15 is 0 Å². The molecule has 3 heterocycles. The van der Waals surface area contributed by atoms with Gasteiger partial charge in [0.05, 0.1) is 41.2 Å². The second kappa shape index (κ2) is 20.5. The van der Waals surface area contributed by atoms with Crippen LogP contribution in [-0.2, 0) is 30.7 Å². The highest BCUT2D eigenvalue weighted by molar-refractivity contribution is 14.1. The smallest absolute Gasteiger partial charge is 0.179 e. The standard InChI is InChI=1S/C16H12BrFIN5.C12H15BrN4O.C6H6FIN2/c1-2-23-16(17)10(8-21-23)5-15-11(7-20)9-22-24(15)14-4-3-12(18)6-13(14)19;1-4-17-12(13)9(7-15-17)5-11(18)10(6-14)8-16(2)3;7-4-1-2-6(10-9)5(8)3-4/h3-4,6,8-9H,2,5H2,1H3;7-8H,4-5H2,1-3H3;1-3,10H,9H2/b;10-8+;. The molecule has 0 atom stereocenters. The van der Waals surface area contributed by atoms with Crippen LogP contribution < -0.4 is 11.3 Å². The first-order valence-electron chi connectivity index (χ1n) is 15.3. The number of carbonyl (C=O) groups excluding carboxylic acids is 1. The predicted octanol–water partition coefficient (Wildman–Crippen LogP) is 7.52. The third-order valence-corrected chi connectivity index (χ3v) is 10.6. The SMILES string of the molecule is CCn1ncc(CC(=O)/C(C#N)=C/N(C)C)c1Br.CCn1ncc(Cc2c(C#N)cnn2-c2ccc(F)cc2I)c1Br.NNc1ccc(F)cc1I. The zero-order chi connectivity index (χ0) is 38.5. The van der Waals surface area contributed by atoms with Gasteiger partial charge < -0.3 is 10.3 Å². The van der Waals surface area contributed by atoms with E-state index in [1.165, 1.54) is 36.7 Å². The number of halogens is 6. The Balaban J connectivity index is 0.000000229. The Labute approximate surface area is 344 Å². The van der Waals surface area contributed by atoms with Crippen molar-refractivity contribution in [3.05, 3.63) is 117 Å². The van der Waals surface area contributed by atoms with E-state index in [-0.39, 0.29) is 29.4 Å². The Morgan fingerprint density at radius 3 is 2.02 bits per heavy atom. The minimum Gasteiger partial charge on any atom is -0.382 e. The number of rotatable bonds is 10. The van der Waals surface area contributed by atoms with Gasteiger partial charge in [-0.05, 0) is 127 Å². The first-order valence-corrected chi connectivity index (χ1v) is 19.1. The topological polar surface area (TPSA) is 159 Å². The van der Waals surface area contributed by atoms with Gasteiger partial charge in [-0.15, -0.1) is 0 Å². The zero-order valence-corrected chi connectivity index (χ0v) is 35.9.